The zero-order chi connectivity index (χ0) is 19.6. The summed E-state index contributed by atoms with van der Waals surface area (Å²) in [4.78, 5) is 16.2. The first-order valence-electron chi connectivity index (χ1n) is 8.35. The highest BCUT2D eigenvalue weighted by Gasteiger charge is 2.24. The van der Waals surface area contributed by atoms with Gasteiger partial charge in [-0.3, -0.25) is 4.79 Å². The summed E-state index contributed by atoms with van der Waals surface area (Å²) in [5.74, 6) is -0.435. The summed E-state index contributed by atoms with van der Waals surface area (Å²) in [6.07, 6.45) is 3.11. The lowest BCUT2D eigenvalue weighted by atomic mass is 10.2. The predicted molar refractivity (Wildman–Crippen MR) is 108 cm³/mol. The van der Waals surface area contributed by atoms with Gasteiger partial charge >= 0.3 is 0 Å². The lowest BCUT2D eigenvalue weighted by Gasteiger charge is -2.11. The fourth-order valence-electron chi connectivity index (χ4n) is 2.55. The molecule has 0 aliphatic rings. The third-order valence-corrected chi connectivity index (χ3v) is 6.07. The summed E-state index contributed by atoms with van der Waals surface area (Å²) in [6, 6.07) is 14.2. The molecule has 1 amide bonds. The largest absolute Gasteiger partial charge is 0.368 e. The van der Waals surface area contributed by atoms with Crippen molar-refractivity contribution >= 4 is 44.7 Å². The van der Waals surface area contributed by atoms with Crippen molar-refractivity contribution in [2.24, 2.45) is 0 Å². The SMILES string of the molecule is CC(C)S(=O)(=O)n1c(N)nc2ccc(NC(=O)C=Cc3ccccc3)cc21. The smallest absolute Gasteiger partial charge is 0.248 e. The normalized spacial score (nSPS) is 12.1. The second kappa shape index (κ2) is 7.24. The average molecular weight is 384 g/mol. The number of benzene rings is 2. The number of nitrogens with two attached hydrogens (primary N) is 1. The van der Waals surface area contributed by atoms with Crippen LogP contribution in [0.2, 0.25) is 0 Å². The number of carbonyl (C=O) groups is 1. The molecule has 0 fully saturated rings. The number of nitrogens with zero attached hydrogens (tertiary/aromatic N) is 2. The Kier molecular flexibility index (Phi) is 5.00. The summed E-state index contributed by atoms with van der Waals surface area (Å²) in [7, 11) is -3.68. The van der Waals surface area contributed by atoms with Crippen LogP contribution in [0.15, 0.2) is 54.6 Å². The van der Waals surface area contributed by atoms with Crippen LogP contribution in [0.25, 0.3) is 17.1 Å². The molecule has 0 aliphatic heterocycles. The van der Waals surface area contributed by atoms with Crippen LogP contribution in [0.5, 0.6) is 0 Å². The van der Waals surface area contributed by atoms with Crippen molar-refractivity contribution in [3.8, 4) is 0 Å². The Morgan fingerprint density at radius 3 is 2.56 bits per heavy atom. The van der Waals surface area contributed by atoms with E-state index < -0.39 is 15.3 Å². The Morgan fingerprint density at radius 1 is 1.19 bits per heavy atom. The predicted octanol–water partition coefficient (Wildman–Crippen LogP) is 2.86. The van der Waals surface area contributed by atoms with Crippen LogP contribution in [0.4, 0.5) is 11.6 Å². The number of carbonyl (C=O) groups excluding carboxylic acids is 1. The summed E-state index contributed by atoms with van der Waals surface area (Å²) < 4.78 is 26.1. The van der Waals surface area contributed by atoms with Gasteiger partial charge < -0.3 is 11.1 Å². The number of rotatable bonds is 5. The van der Waals surface area contributed by atoms with Crippen LogP contribution in [-0.4, -0.2) is 28.5 Å². The first kappa shape index (κ1) is 18.7. The molecule has 1 heterocycles. The molecule has 27 heavy (non-hydrogen) atoms. The van der Waals surface area contributed by atoms with Crippen LogP contribution < -0.4 is 11.1 Å². The fourth-order valence-corrected chi connectivity index (χ4v) is 3.69. The van der Waals surface area contributed by atoms with Gasteiger partial charge in [-0.25, -0.2) is 17.4 Å². The van der Waals surface area contributed by atoms with Crippen molar-refractivity contribution in [1.29, 1.82) is 0 Å². The second-order valence-electron chi connectivity index (χ2n) is 6.26. The zero-order valence-electron chi connectivity index (χ0n) is 15.0. The highest BCUT2D eigenvalue weighted by molar-refractivity contribution is 7.90. The van der Waals surface area contributed by atoms with Crippen LogP contribution in [0.1, 0.15) is 19.4 Å². The van der Waals surface area contributed by atoms with Gasteiger partial charge in [0.2, 0.25) is 21.9 Å². The van der Waals surface area contributed by atoms with Gasteiger partial charge in [-0.1, -0.05) is 30.3 Å². The van der Waals surface area contributed by atoms with E-state index in [1.807, 2.05) is 30.3 Å². The molecular weight excluding hydrogens is 364 g/mol. The topological polar surface area (TPSA) is 107 Å². The molecule has 0 saturated heterocycles. The molecule has 0 spiro atoms. The van der Waals surface area contributed by atoms with Crippen molar-refractivity contribution in [2.45, 2.75) is 19.1 Å². The molecule has 0 unspecified atom stereocenters. The molecule has 7 nitrogen and oxygen atoms in total. The number of fused-ring (bicyclic) bond motifs is 1. The minimum Gasteiger partial charge on any atom is -0.368 e. The molecule has 3 aromatic rings. The Hall–Kier alpha value is -3.13. The molecule has 3 N–H and O–H groups in total. The van der Waals surface area contributed by atoms with Gasteiger partial charge in [0.15, 0.2) is 0 Å². The van der Waals surface area contributed by atoms with E-state index in [-0.39, 0.29) is 11.9 Å². The van der Waals surface area contributed by atoms with Crippen molar-refractivity contribution in [3.05, 3.63) is 60.2 Å². The summed E-state index contributed by atoms with van der Waals surface area (Å²) in [5.41, 5.74) is 7.93. The molecule has 3 rings (SSSR count). The van der Waals surface area contributed by atoms with Gasteiger partial charge in [0.05, 0.1) is 16.3 Å². The Labute approximate surface area is 157 Å². The van der Waals surface area contributed by atoms with Gasteiger partial charge in [0.25, 0.3) is 0 Å². The van der Waals surface area contributed by atoms with Gasteiger partial charge in [0, 0.05) is 11.8 Å². The van der Waals surface area contributed by atoms with E-state index in [4.69, 9.17) is 5.73 Å². The molecular formula is C19H20N4O3S. The third kappa shape index (κ3) is 3.85. The number of amides is 1. The van der Waals surface area contributed by atoms with E-state index in [0.717, 1.165) is 9.54 Å². The lowest BCUT2D eigenvalue weighted by Crippen LogP contribution is -2.23. The quantitative estimate of drug-likeness (QED) is 0.658. The molecule has 2 aromatic carbocycles. The van der Waals surface area contributed by atoms with Gasteiger partial charge in [-0.15, -0.1) is 0 Å². The van der Waals surface area contributed by atoms with Crippen LogP contribution in [0, 0.1) is 0 Å². The van der Waals surface area contributed by atoms with Crippen molar-refractivity contribution in [3.63, 3.8) is 0 Å². The minimum atomic E-state index is -3.68. The van der Waals surface area contributed by atoms with E-state index in [9.17, 15) is 13.2 Å². The maximum absolute atomic E-state index is 12.6. The monoisotopic (exact) mass is 384 g/mol. The summed E-state index contributed by atoms with van der Waals surface area (Å²) in [6.45, 7) is 3.14. The maximum atomic E-state index is 12.6. The number of hydrogen-bond acceptors (Lipinski definition) is 5. The maximum Gasteiger partial charge on any atom is 0.248 e. The van der Waals surface area contributed by atoms with Crippen molar-refractivity contribution < 1.29 is 13.2 Å². The number of imidazole rings is 1. The third-order valence-electron chi connectivity index (χ3n) is 3.98. The summed E-state index contributed by atoms with van der Waals surface area (Å²) >= 11 is 0. The first-order valence-corrected chi connectivity index (χ1v) is 9.86. The van der Waals surface area contributed by atoms with Crippen molar-refractivity contribution in [1.82, 2.24) is 8.96 Å². The van der Waals surface area contributed by atoms with Crippen LogP contribution in [0.3, 0.4) is 0 Å². The number of nitrogen functional groups attached to an aromatic ring is 1. The molecule has 140 valence electrons. The highest BCUT2D eigenvalue weighted by Crippen LogP contribution is 2.25. The Bertz CT molecular complexity index is 1120. The number of aromatic nitrogens is 2. The summed E-state index contributed by atoms with van der Waals surface area (Å²) in [5, 5.41) is 2.06. The Balaban J connectivity index is 1.90. The molecule has 0 bridgehead atoms. The van der Waals surface area contributed by atoms with Gasteiger partial charge in [0.1, 0.15) is 0 Å². The average Bonchev–Trinajstić information content (AvgIpc) is 2.96. The first-order chi connectivity index (χ1) is 12.8. The fraction of sp³-hybridized carbons (Fsp3) is 0.158. The van der Waals surface area contributed by atoms with Crippen LogP contribution >= 0.6 is 0 Å². The van der Waals surface area contributed by atoms with Gasteiger partial charge in [-0.2, -0.15) is 0 Å². The van der Waals surface area contributed by atoms with E-state index in [1.165, 1.54) is 6.08 Å². The molecule has 0 saturated carbocycles. The molecule has 0 aliphatic carbocycles. The van der Waals surface area contributed by atoms with E-state index in [0.29, 0.717) is 16.7 Å². The van der Waals surface area contributed by atoms with Crippen LogP contribution in [-0.2, 0) is 14.8 Å². The molecule has 0 radical (unpaired) electrons. The Morgan fingerprint density at radius 2 is 1.89 bits per heavy atom. The minimum absolute atomic E-state index is 0.105. The van der Waals surface area contributed by atoms with Crippen molar-refractivity contribution in [2.75, 3.05) is 11.1 Å². The zero-order valence-corrected chi connectivity index (χ0v) is 15.8. The molecule has 1 aromatic heterocycles. The number of anilines is 2. The molecule has 8 heteroatoms. The second-order valence-corrected chi connectivity index (χ2v) is 8.60. The lowest BCUT2D eigenvalue weighted by molar-refractivity contribution is -0.111. The van der Waals surface area contributed by atoms with E-state index >= 15 is 0 Å². The number of hydrogen-bond donors (Lipinski definition) is 2. The van der Waals surface area contributed by atoms with E-state index in [1.54, 1.807) is 38.1 Å². The molecule has 0 atom stereocenters. The van der Waals surface area contributed by atoms with E-state index in [2.05, 4.69) is 10.3 Å². The number of nitrogens with one attached hydrogen (secondary N) is 1. The standard InChI is InChI=1S/C19H20N4O3S/c1-13(2)27(25,26)23-17-12-15(9-10-16(17)22-19(23)20)21-18(24)11-8-14-6-4-3-5-7-14/h3-13H,1-2H3,(H2,20,22)(H,21,24). The van der Waals surface area contributed by atoms with Gasteiger partial charge in [-0.05, 0) is 43.7 Å². The highest BCUT2D eigenvalue weighted by atomic mass is 32.2.